The molecular weight excluding hydrogens is 266 g/mol. The average molecular weight is 271 g/mol. The molecule has 0 aliphatic carbocycles. The zero-order chi connectivity index (χ0) is 11.8. The summed E-state index contributed by atoms with van der Waals surface area (Å²) in [6.07, 6.45) is 0. The lowest BCUT2D eigenvalue weighted by atomic mass is 10.1. The summed E-state index contributed by atoms with van der Waals surface area (Å²) in [6, 6.07) is 1.90. The molecule has 0 atom stereocenters. The maximum atomic E-state index is 13.2. The van der Waals surface area contributed by atoms with Crippen molar-refractivity contribution < 1.29 is 17.6 Å². The van der Waals surface area contributed by atoms with E-state index in [4.69, 9.17) is 22.3 Å². The quantitative estimate of drug-likeness (QED) is 0.613. The summed E-state index contributed by atoms with van der Waals surface area (Å²) in [5.74, 6) is -1.59. The second kappa shape index (κ2) is 4.08. The van der Waals surface area contributed by atoms with E-state index < -0.39 is 30.6 Å². The number of Topliss-reactive ketones (excluding diaryl/α,β-unsaturated/α-hetero) is 1. The van der Waals surface area contributed by atoms with Gasteiger partial charge in [0.15, 0.2) is 11.6 Å². The highest BCUT2D eigenvalue weighted by Crippen LogP contribution is 2.27. The molecule has 3 nitrogen and oxygen atoms in total. The second-order valence-corrected chi connectivity index (χ2v) is 5.71. The van der Waals surface area contributed by atoms with E-state index in [0.29, 0.717) is 0 Å². The smallest absolute Gasteiger partial charge is 0.264 e. The van der Waals surface area contributed by atoms with Crippen molar-refractivity contribution in [1.29, 1.82) is 0 Å². The fourth-order valence-corrected chi connectivity index (χ4v) is 2.15. The number of hydrogen-bond donors (Lipinski definition) is 0. The first-order chi connectivity index (χ1) is 6.73. The molecule has 0 N–H and O–H groups in total. The summed E-state index contributed by atoms with van der Waals surface area (Å²) in [7, 11) is 0.723. The van der Waals surface area contributed by atoms with Crippen molar-refractivity contribution in [3.8, 4) is 0 Å². The van der Waals surface area contributed by atoms with E-state index in [1.54, 1.807) is 0 Å². The van der Waals surface area contributed by atoms with Gasteiger partial charge in [0.1, 0.15) is 4.90 Å². The summed E-state index contributed by atoms with van der Waals surface area (Å²) in [5.41, 5.74) is -0.0133. The topological polar surface area (TPSA) is 51.2 Å². The molecule has 0 saturated carbocycles. The Kier molecular flexibility index (Phi) is 3.38. The van der Waals surface area contributed by atoms with Gasteiger partial charge < -0.3 is 0 Å². The number of carbonyl (C=O) groups is 1. The highest BCUT2D eigenvalue weighted by Gasteiger charge is 2.20. The van der Waals surface area contributed by atoms with Crippen LogP contribution in [-0.4, -0.2) is 14.2 Å². The fourth-order valence-electron chi connectivity index (χ4n) is 0.945. The van der Waals surface area contributed by atoms with Crippen molar-refractivity contribution >= 4 is 37.1 Å². The third-order valence-electron chi connectivity index (χ3n) is 1.66. The molecule has 1 rings (SSSR count). The molecule has 0 unspecified atom stereocenters. The number of carbonyl (C=O) groups excluding carboxylic acids is 1. The molecule has 7 heteroatoms. The first-order valence-corrected chi connectivity index (χ1v) is 6.37. The third kappa shape index (κ3) is 2.68. The van der Waals surface area contributed by atoms with Gasteiger partial charge in [0.2, 0.25) is 0 Å². The lowest BCUT2D eigenvalue weighted by Crippen LogP contribution is -2.01. The molecule has 82 valence electrons. The first kappa shape index (κ1) is 12.4. The molecule has 0 aliphatic heterocycles. The Labute approximate surface area is 95.2 Å². The Morgan fingerprint density at radius 1 is 1.40 bits per heavy atom. The highest BCUT2D eigenvalue weighted by molar-refractivity contribution is 8.13. The number of rotatable bonds is 2. The van der Waals surface area contributed by atoms with Gasteiger partial charge in [-0.3, -0.25) is 4.79 Å². The zero-order valence-electron chi connectivity index (χ0n) is 7.42. The first-order valence-electron chi connectivity index (χ1n) is 3.68. The van der Waals surface area contributed by atoms with Crippen LogP contribution >= 0.6 is 22.3 Å². The van der Waals surface area contributed by atoms with Gasteiger partial charge in [-0.05, 0) is 19.1 Å². The lowest BCUT2D eigenvalue weighted by Gasteiger charge is -2.03. The van der Waals surface area contributed by atoms with Gasteiger partial charge >= 0.3 is 0 Å². The largest absolute Gasteiger partial charge is 0.295 e. The average Bonchev–Trinajstić information content (AvgIpc) is 2.06. The van der Waals surface area contributed by atoms with Crippen LogP contribution in [0.1, 0.15) is 17.3 Å². The summed E-state index contributed by atoms with van der Waals surface area (Å²) in [5, 5.41) is -0.457. The predicted octanol–water partition coefficient (Wildman–Crippen LogP) is 2.61. The number of hydrogen-bond acceptors (Lipinski definition) is 3. The Morgan fingerprint density at radius 2 is 1.93 bits per heavy atom. The lowest BCUT2D eigenvalue weighted by molar-refractivity contribution is 0.101. The number of halogens is 3. The van der Waals surface area contributed by atoms with E-state index >= 15 is 0 Å². The van der Waals surface area contributed by atoms with Gasteiger partial charge in [0, 0.05) is 16.2 Å². The molecule has 1 aromatic carbocycles. The second-order valence-electron chi connectivity index (χ2n) is 2.76. The molecule has 0 spiro atoms. The zero-order valence-corrected chi connectivity index (χ0v) is 9.75. The van der Waals surface area contributed by atoms with Gasteiger partial charge in [-0.2, -0.15) is 0 Å². The van der Waals surface area contributed by atoms with E-state index in [2.05, 4.69) is 0 Å². The summed E-state index contributed by atoms with van der Waals surface area (Å²) < 4.78 is 35.1. The molecular formula is C8H5Cl2FO3S. The van der Waals surface area contributed by atoms with Gasteiger partial charge in [-0.1, -0.05) is 11.6 Å². The van der Waals surface area contributed by atoms with Crippen LogP contribution in [0.25, 0.3) is 0 Å². The summed E-state index contributed by atoms with van der Waals surface area (Å²) >= 11 is 5.42. The van der Waals surface area contributed by atoms with Crippen molar-refractivity contribution in [2.45, 2.75) is 11.8 Å². The SMILES string of the molecule is CC(=O)c1cc(Cl)c(F)c(S(=O)(=O)Cl)c1. The molecule has 0 heterocycles. The van der Waals surface area contributed by atoms with Gasteiger partial charge in [-0.15, -0.1) is 0 Å². The minimum Gasteiger partial charge on any atom is -0.295 e. The van der Waals surface area contributed by atoms with Crippen LogP contribution in [-0.2, 0) is 9.05 Å². The summed E-state index contributed by atoms with van der Waals surface area (Å²) in [6.45, 7) is 1.20. The van der Waals surface area contributed by atoms with Crippen molar-refractivity contribution in [3.05, 3.63) is 28.5 Å². The van der Waals surface area contributed by atoms with E-state index in [9.17, 15) is 17.6 Å². The van der Waals surface area contributed by atoms with Crippen molar-refractivity contribution in [2.24, 2.45) is 0 Å². The van der Waals surface area contributed by atoms with Crippen LogP contribution in [0, 0.1) is 5.82 Å². The molecule has 0 aliphatic rings. The number of ketones is 1. The Bertz CT molecular complexity index is 525. The highest BCUT2D eigenvalue weighted by atomic mass is 35.7. The van der Waals surface area contributed by atoms with E-state index in [1.807, 2.05) is 0 Å². The van der Waals surface area contributed by atoms with Gasteiger partial charge in [0.25, 0.3) is 9.05 Å². The van der Waals surface area contributed by atoms with Crippen LogP contribution in [0.15, 0.2) is 17.0 Å². The normalized spacial score (nSPS) is 11.5. The monoisotopic (exact) mass is 270 g/mol. The third-order valence-corrected chi connectivity index (χ3v) is 3.26. The molecule has 15 heavy (non-hydrogen) atoms. The molecule has 0 aromatic heterocycles. The molecule has 0 bridgehead atoms. The standard InChI is InChI=1S/C8H5Cl2FO3S/c1-4(12)5-2-6(9)8(11)7(3-5)15(10,13)14/h2-3H,1H3. The van der Waals surface area contributed by atoms with E-state index in [1.165, 1.54) is 6.92 Å². The van der Waals surface area contributed by atoms with Gasteiger partial charge in [0.05, 0.1) is 5.02 Å². The van der Waals surface area contributed by atoms with Crippen molar-refractivity contribution in [2.75, 3.05) is 0 Å². The van der Waals surface area contributed by atoms with Crippen LogP contribution in [0.4, 0.5) is 4.39 Å². The maximum absolute atomic E-state index is 13.2. The van der Waals surface area contributed by atoms with Crippen molar-refractivity contribution in [1.82, 2.24) is 0 Å². The van der Waals surface area contributed by atoms with Crippen LogP contribution in [0.3, 0.4) is 0 Å². The Hall–Kier alpha value is -0.650. The summed E-state index contributed by atoms with van der Waals surface area (Å²) in [4.78, 5) is 10.2. The molecule has 0 radical (unpaired) electrons. The molecule has 0 fully saturated rings. The predicted molar refractivity (Wildman–Crippen MR) is 54.5 cm³/mol. The molecule has 1 aromatic rings. The fraction of sp³-hybridized carbons (Fsp3) is 0.125. The van der Waals surface area contributed by atoms with Crippen LogP contribution in [0.5, 0.6) is 0 Å². The van der Waals surface area contributed by atoms with E-state index in [0.717, 1.165) is 12.1 Å². The molecule has 0 amide bonds. The van der Waals surface area contributed by atoms with E-state index in [-0.39, 0.29) is 5.56 Å². The van der Waals surface area contributed by atoms with Crippen molar-refractivity contribution in [3.63, 3.8) is 0 Å². The van der Waals surface area contributed by atoms with Crippen LogP contribution in [0.2, 0.25) is 5.02 Å². The maximum Gasteiger partial charge on any atom is 0.264 e. The number of benzene rings is 1. The molecule has 0 saturated heterocycles. The minimum absolute atomic E-state index is 0.0133. The van der Waals surface area contributed by atoms with Crippen LogP contribution < -0.4 is 0 Å². The minimum atomic E-state index is -4.25. The van der Waals surface area contributed by atoms with Gasteiger partial charge in [-0.25, -0.2) is 12.8 Å². The Balaban J connectivity index is 3.59. The Morgan fingerprint density at radius 3 is 2.33 bits per heavy atom.